The molecule has 0 fully saturated rings. The quantitative estimate of drug-likeness (QED) is 0.841. The summed E-state index contributed by atoms with van der Waals surface area (Å²) in [5, 5.41) is 0. The molecule has 0 saturated carbocycles. The lowest BCUT2D eigenvalue weighted by Crippen LogP contribution is -2.36. The molecule has 1 aromatic heterocycles. The number of hydrogen-bond acceptors (Lipinski definition) is 2. The number of carbonyl (C=O) groups excluding carboxylic acids is 1. The lowest BCUT2D eigenvalue weighted by molar-refractivity contribution is -0.138. The van der Waals surface area contributed by atoms with Crippen LogP contribution in [0.2, 0.25) is 0 Å². The van der Waals surface area contributed by atoms with Crippen LogP contribution in [0.15, 0.2) is 53.5 Å². The van der Waals surface area contributed by atoms with Crippen LogP contribution in [-0.4, -0.2) is 21.9 Å². The Morgan fingerprint density at radius 2 is 1.79 bits per heavy atom. The molecule has 0 unspecified atom stereocenters. The Morgan fingerprint density at radius 1 is 1.12 bits per heavy atom. The van der Waals surface area contributed by atoms with Crippen LogP contribution in [0, 0.1) is 0 Å². The molecule has 0 spiro atoms. The Kier molecular flexibility index (Phi) is 5.43. The monoisotopic (exact) mass is 338 g/mol. The van der Waals surface area contributed by atoms with Crippen molar-refractivity contribution in [3.8, 4) is 0 Å². The minimum Gasteiger partial charge on any atom is -0.337 e. The Morgan fingerprint density at radius 3 is 2.38 bits per heavy atom. The Bertz CT molecular complexity index is 754. The van der Waals surface area contributed by atoms with Crippen molar-refractivity contribution in [3.63, 3.8) is 0 Å². The van der Waals surface area contributed by atoms with Gasteiger partial charge in [-0.1, -0.05) is 30.3 Å². The molecule has 4 nitrogen and oxygen atoms in total. The molecule has 0 saturated heterocycles. The van der Waals surface area contributed by atoms with E-state index in [0.717, 1.165) is 16.2 Å². The molecule has 0 aliphatic heterocycles. The van der Waals surface area contributed by atoms with E-state index in [0.29, 0.717) is 25.4 Å². The van der Waals surface area contributed by atoms with Gasteiger partial charge in [-0.25, -0.2) is 0 Å². The van der Waals surface area contributed by atoms with E-state index in [2.05, 4.69) is 0 Å². The fraction of sp³-hybridized carbons (Fsp3) is 0.294. The second kappa shape index (κ2) is 7.33. The van der Waals surface area contributed by atoms with Gasteiger partial charge >= 0.3 is 6.18 Å². The zero-order chi connectivity index (χ0) is 17.7. The zero-order valence-corrected chi connectivity index (χ0v) is 13.1. The average Bonchev–Trinajstić information content (AvgIpc) is 2.54. The van der Waals surface area contributed by atoms with Gasteiger partial charge in [0, 0.05) is 25.4 Å². The Labute approximate surface area is 137 Å². The summed E-state index contributed by atoms with van der Waals surface area (Å²) in [4.78, 5) is 25.6. The normalized spacial score (nSPS) is 11.3. The number of pyridine rings is 1. The molecule has 1 aromatic carbocycles. The van der Waals surface area contributed by atoms with Crippen LogP contribution < -0.4 is 5.56 Å². The third-order valence-electron chi connectivity index (χ3n) is 3.57. The number of halogens is 3. The molecular formula is C17H17F3N2O2. The molecule has 1 heterocycles. The predicted octanol–water partition coefficient (Wildman–Crippen LogP) is 2.92. The molecule has 24 heavy (non-hydrogen) atoms. The summed E-state index contributed by atoms with van der Waals surface area (Å²) in [5.41, 5.74) is -0.697. The molecule has 0 atom stereocenters. The van der Waals surface area contributed by atoms with Crippen molar-refractivity contribution >= 4 is 5.91 Å². The van der Waals surface area contributed by atoms with E-state index >= 15 is 0 Å². The maximum Gasteiger partial charge on any atom is 0.417 e. The van der Waals surface area contributed by atoms with Crippen LogP contribution in [-0.2, 0) is 24.1 Å². The number of nitrogens with zero attached hydrogens (tertiary/aromatic N) is 2. The number of likely N-dealkylation sites (N-methyl/N-ethyl adjacent to an activating group) is 1. The molecule has 2 rings (SSSR count). The van der Waals surface area contributed by atoms with Gasteiger partial charge in [-0.05, 0) is 18.6 Å². The summed E-state index contributed by atoms with van der Waals surface area (Å²) in [7, 11) is 0. The molecule has 0 bridgehead atoms. The van der Waals surface area contributed by atoms with E-state index in [1.165, 1.54) is 4.90 Å². The van der Waals surface area contributed by atoms with E-state index in [-0.39, 0.29) is 0 Å². The van der Waals surface area contributed by atoms with Gasteiger partial charge in [0.25, 0.3) is 5.56 Å². The number of benzene rings is 1. The van der Waals surface area contributed by atoms with Crippen LogP contribution >= 0.6 is 0 Å². The molecule has 1 amide bonds. The van der Waals surface area contributed by atoms with Gasteiger partial charge in [0.15, 0.2) is 0 Å². The van der Waals surface area contributed by atoms with Crippen LogP contribution in [0.1, 0.15) is 18.1 Å². The maximum absolute atomic E-state index is 12.7. The molecule has 0 aliphatic carbocycles. The molecule has 0 radical (unpaired) electrons. The van der Waals surface area contributed by atoms with Gasteiger partial charge in [-0.15, -0.1) is 0 Å². The standard InChI is InChI=1S/C17H17F3N2O2/c1-2-21(10-13-6-4-3-5-7-13)16(24)12-22-11-14(17(18,19)20)8-9-15(22)23/h3-9,11H,2,10,12H2,1H3. The van der Waals surface area contributed by atoms with Gasteiger partial charge in [0.2, 0.25) is 5.91 Å². The fourth-order valence-corrected chi connectivity index (χ4v) is 2.25. The first kappa shape index (κ1) is 17.8. The second-order valence-corrected chi connectivity index (χ2v) is 5.28. The smallest absolute Gasteiger partial charge is 0.337 e. The first-order chi connectivity index (χ1) is 11.3. The molecule has 0 aliphatic rings. The van der Waals surface area contributed by atoms with Gasteiger partial charge in [0.1, 0.15) is 6.54 Å². The van der Waals surface area contributed by atoms with Crippen molar-refractivity contribution < 1.29 is 18.0 Å². The van der Waals surface area contributed by atoms with Gasteiger partial charge in [0.05, 0.1) is 5.56 Å². The Hall–Kier alpha value is -2.57. The van der Waals surface area contributed by atoms with Gasteiger partial charge in [-0.3, -0.25) is 9.59 Å². The topological polar surface area (TPSA) is 42.3 Å². The molecule has 0 N–H and O–H groups in total. The number of carbonyl (C=O) groups is 1. The van der Waals surface area contributed by atoms with Crippen LogP contribution in [0.5, 0.6) is 0 Å². The van der Waals surface area contributed by atoms with Crippen LogP contribution in [0.25, 0.3) is 0 Å². The summed E-state index contributed by atoms with van der Waals surface area (Å²) in [5.74, 6) is -0.414. The SMILES string of the molecule is CCN(Cc1ccccc1)C(=O)Cn1cc(C(F)(F)F)ccc1=O. The van der Waals surface area contributed by atoms with E-state index < -0.39 is 29.8 Å². The minimum absolute atomic E-state index is 0.337. The zero-order valence-electron chi connectivity index (χ0n) is 13.1. The van der Waals surface area contributed by atoms with Crippen molar-refractivity contribution in [2.75, 3.05) is 6.54 Å². The van der Waals surface area contributed by atoms with Crippen molar-refractivity contribution in [3.05, 3.63) is 70.1 Å². The Balaban J connectivity index is 2.17. The van der Waals surface area contributed by atoms with Crippen molar-refractivity contribution in [1.82, 2.24) is 9.47 Å². The first-order valence-corrected chi connectivity index (χ1v) is 7.40. The van der Waals surface area contributed by atoms with Crippen molar-refractivity contribution in [2.24, 2.45) is 0 Å². The summed E-state index contributed by atoms with van der Waals surface area (Å²) < 4.78 is 39.0. The van der Waals surface area contributed by atoms with E-state index in [1.54, 1.807) is 6.92 Å². The molecule has 7 heteroatoms. The second-order valence-electron chi connectivity index (χ2n) is 5.28. The predicted molar refractivity (Wildman–Crippen MR) is 83.2 cm³/mol. The summed E-state index contributed by atoms with van der Waals surface area (Å²) in [6, 6.07) is 10.8. The van der Waals surface area contributed by atoms with Crippen molar-refractivity contribution in [2.45, 2.75) is 26.2 Å². The highest BCUT2D eigenvalue weighted by molar-refractivity contribution is 5.76. The molecular weight excluding hydrogens is 321 g/mol. The van der Waals surface area contributed by atoms with E-state index in [9.17, 15) is 22.8 Å². The summed E-state index contributed by atoms with van der Waals surface area (Å²) in [6.07, 6.45) is -3.89. The number of hydrogen-bond donors (Lipinski definition) is 0. The number of aromatic nitrogens is 1. The van der Waals surface area contributed by atoms with Gasteiger partial charge in [-0.2, -0.15) is 13.2 Å². The highest BCUT2D eigenvalue weighted by Gasteiger charge is 2.31. The lowest BCUT2D eigenvalue weighted by Gasteiger charge is -2.21. The van der Waals surface area contributed by atoms with Gasteiger partial charge < -0.3 is 9.47 Å². The fourth-order valence-electron chi connectivity index (χ4n) is 2.25. The van der Waals surface area contributed by atoms with Crippen LogP contribution in [0.4, 0.5) is 13.2 Å². The lowest BCUT2D eigenvalue weighted by atomic mass is 10.2. The highest BCUT2D eigenvalue weighted by atomic mass is 19.4. The summed E-state index contributed by atoms with van der Waals surface area (Å²) >= 11 is 0. The molecule has 2 aromatic rings. The maximum atomic E-state index is 12.7. The first-order valence-electron chi connectivity index (χ1n) is 7.40. The summed E-state index contributed by atoms with van der Waals surface area (Å²) in [6.45, 7) is 2.07. The largest absolute Gasteiger partial charge is 0.417 e. The van der Waals surface area contributed by atoms with E-state index in [1.807, 2.05) is 30.3 Å². The third-order valence-corrected chi connectivity index (χ3v) is 3.57. The number of alkyl halides is 3. The molecule has 128 valence electrons. The van der Waals surface area contributed by atoms with Crippen molar-refractivity contribution in [1.29, 1.82) is 0 Å². The minimum atomic E-state index is -4.56. The highest BCUT2D eigenvalue weighted by Crippen LogP contribution is 2.28. The number of amides is 1. The van der Waals surface area contributed by atoms with Crippen LogP contribution in [0.3, 0.4) is 0 Å². The number of rotatable bonds is 5. The third kappa shape index (κ3) is 4.47. The average molecular weight is 338 g/mol. The van der Waals surface area contributed by atoms with E-state index in [4.69, 9.17) is 0 Å².